The number of hydrogen-bond acceptors (Lipinski definition) is 7. The van der Waals surface area contributed by atoms with Crippen molar-refractivity contribution in [2.45, 2.75) is 37.5 Å². The van der Waals surface area contributed by atoms with Crippen LogP contribution in [0, 0.1) is 23.7 Å². The van der Waals surface area contributed by atoms with E-state index < -0.39 is 0 Å². The Kier molecular flexibility index (Phi) is 8.58. The molecule has 14 rings (SSSR count). The quantitative estimate of drug-likeness (QED) is 0.158. The third-order valence-electron chi connectivity index (χ3n) is 14.6. The summed E-state index contributed by atoms with van der Waals surface area (Å²) in [5.41, 5.74) is 13.0. The molecule has 0 N–H and O–H groups in total. The lowest BCUT2D eigenvalue weighted by Gasteiger charge is -2.61. The van der Waals surface area contributed by atoms with Gasteiger partial charge in [0, 0.05) is 50.6 Å². The van der Waals surface area contributed by atoms with Crippen LogP contribution in [0.4, 0.5) is 0 Å². The minimum Gasteiger partial charge on any atom is -0.255 e. The van der Waals surface area contributed by atoms with Crippen molar-refractivity contribution < 1.29 is 0 Å². The zero-order chi connectivity index (χ0) is 42.2. The Bertz CT molecular complexity index is 3070. The van der Waals surface area contributed by atoms with Gasteiger partial charge >= 0.3 is 0 Å². The summed E-state index contributed by atoms with van der Waals surface area (Å²) < 4.78 is 0. The van der Waals surface area contributed by atoms with E-state index in [1.807, 2.05) is 103 Å². The molecule has 7 nitrogen and oxygen atoms in total. The molecule has 4 fully saturated rings. The van der Waals surface area contributed by atoms with Crippen LogP contribution in [0.5, 0.6) is 0 Å². The van der Waals surface area contributed by atoms with Gasteiger partial charge in [-0.05, 0) is 90.2 Å². The van der Waals surface area contributed by atoms with Crippen LogP contribution in [-0.2, 0) is 5.41 Å². The van der Waals surface area contributed by atoms with Gasteiger partial charge in [0.25, 0.3) is 0 Å². The molecule has 3 heterocycles. The predicted molar refractivity (Wildman–Crippen MR) is 252 cm³/mol. The van der Waals surface area contributed by atoms with E-state index in [0.717, 1.165) is 56.5 Å². The van der Waals surface area contributed by atoms with Crippen molar-refractivity contribution in [3.63, 3.8) is 0 Å². The van der Waals surface area contributed by atoms with Crippen molar-refractivity contribution in [2.24, 2.45) is 23.7 Å². The molecule has 5 aliphatic carbocycles. The topological polar surface area (TPSA) is 90.2 Å². The van der Waals surface area contributed by atoms with Crippen molar-refractivity contribution in [3.8, 4) is 90.7 Å². The highest BCUT2D eigenvalue weighted by molar-refractivity contribution is 5.99. The number of hydrogen-bond donors (Lipinski definition) is 0. The summed E-state index contributed by atoms with van der Waals surface area (Å²) in [6.45, 7) is 0. The maximum Gasteiger partial charge on any atom is 0.165 e. The first kappa shape index (κ1) is 37.1. The van der Waals surface area contributed by atoms with Gasteiger partial charge in [0.05, 0.1) is 5.69 Å². The fourth-order valence-corrected chi connectivity index (χ4v) is 12.2. The number of aromatic nitrogens is 7. The molecular weight excluding hydrogens is 783 g/mol. The molecule has 7 heteroatoms. The van der Waals surface area contributed by atoms with E-state index in [1.54, 1.807) is 0 Å². The Morgan fingerprint density at radius 1 is 0.328 bits per heavy atom. The SMILES string of the molecule is c1ccc(-c2nc(-c3ccccc3)nc(-c3ccc(-c4cccc5c4-c4c(-c6nc(-c7ccccc7)nc(-c7ccccc7)n6)cccc4C54C5CC6CC(C5)CC4C6)nc3)n2)cc1. The summed E-state index contributed by atoms with van der Waals surface area (Å²) in [6.07, 6.45) is 8.48. The summed E-state index contributed by atoms with van der Waals surface area (Å²) in [5, 5.41) is 0. The van der Waals surface area contributed by atoms with E-state index in [4.69, 9.17) is 34.9 Å². The summed E-state index contributed by atoms with van der Waals surface area (Å²) in [7, 11) is 0. The third-order valence-corrected chi connectivity index (χ3v) is 14.6. The Hall–Kier alpha value is -7.51. The van der Waals surface area contributed by atoms with Crippen LogP contribution in [0.3, 0.4) is 0 Å². The van der Waals surface area contributed by atoms with Crippen LogP contribution < -0.4 is 0 Å². The molecule has 0 unspecified atom stereocenters. The number of fused-ring (bicyclic) bond motifs is 3. The Morgan fingerprint density at radius 3 is 1.14 bits per heavy atom. The molecule has 0 aliphatic heterocycles. The van der Waals surface area contributed by atoms with E-state index >= 15 is 0 Å². The first-order valence-corrected chi connectivity index (χ1v) is 22.7. The highest BCUT2D eigenvalue weighted by Gasteiger charge is 2.62. The van der Waals surface area contributed by atoms with Gasteiger partial charge in [0.2, 0.25) is 0 Å². The molecule has 64 heavy (non-hydrogen) atoms. The molecule has 0 atom stereocenters. The van der Waals surface area contributed by atoms with E-state index in [2.05, 4.69) is 72.8 Å². The fourth-order valence-electron chi connectivity index (χ4n) is 12.2. The zero-order valence-corrected chi connectivity index (χ0v) is 35.2. The van der Waals surface area contributed by atoms with Gasteiger partial charge in [0.1, 0.15) is 0 Å². The van der Waals surface area contributed by atoms with Crippen LogP contribution in [0.2, 0.25) is 0 Å². The molecule has 306 valence electrons. The average molecular weight is 826 g/mol. The molecular formula is C57H43N7. The maximum absolute atomic E-state index is 5.32. The Labute approximate surface area is 372 Å². The molecule has 6 aromatic carbocycles. The van der Waals surface area contributed by atoms with Crippen molar-refractivity contribution in [1.82, 2.24) is 34.9 Å². The van der Waals surface area contributed by atoms with Gasteiger partial charge in [-0.15, -0.1) is 0 Å². The first-order valence-electron chi connectivity index (χ1n) is 22.7. The van der Waals surface area contributed by atoms with Gasteiger partial charge in [0.15, 0.2) is 34.9 Å². The summed E-state index contributed by atoms with van der Waals surface area (Å²) in [4.78, 5) is 35.9. The smallest absolute Gasteiger partial charge is 0.165 e. The van der Waals surface area contributed by atoms with Crippen molar-refractivity contribution in [3.05, 3.63) is 187 Å². The highest BCUT2D eigenvalue weighted by Crippen LogP contribution is 2.70. The lowest BCUT2D eigenvalue weighted by atomic mass is 9.43. The van der Waals surface area contributed by atoms with E-state index in [9.17, 15) is 0 Å². The molecule has 0 radical (unpaired) electrons. The summed E-state index contributed by atoms with van der Waals surface area (Å²) in [5.74, 6) is 6.69. The van der Waals surface area contributed by atoms with Crippen LogP contribution >= 0.6 is 0 Å². The molecule has 1 spiro atoms. The normalized spacial score (nSPS) is 21.2. The molecule has 0 amide bonds. The van der Waals surface area contributed by atoms with Crippen LogP contribution in [0.25, 0.3) is 90.7 Å². The largest absolute Gasteiger partial charge is 0.255 e. The molecule has 5 aliphatic rings. The predicted octanol–water partition coefficient (Wildman–Crippen LogP) is 12.8. The van der Waals surface area contributed by atoms with Crippen LogP contribution in [0.15, 0.2) is 176 Å². The standard InChI is InChI=1S/C57H43N7/c1-5-15-37(16-6-1)51-59-52(38-17-7-2-8-18-38)62-55(61-51)41-27-28-48(58-34-41)44-23-13-25-46-49(44)50-45(24-14-26-47(50)57(46)42-30-35-29-36(32-42)33-43(57)31-35)56-63-53(39-19-9-3-10-20-39)60-54(64-56)40-21-11-4-12-22-40/h1-28,34-36,42-43H,29-33H2. The average Bonchev–Trinajstić information content (AvgIpc) is 3.67. The van der Waals surface area contributed by atoms with E-state index in [1.165, 1.54) is 54.4 Å². The Balaban J connectivity index is 0.998. The number of nitrogens with zero attached hydrogens (tertiary/aromatic N) is 7. The van der Waals surface area contributed by atoms with Gasteiger partial charge in [-0.25, -0.2) is 29.9 Å². The van der Waals surface area contributed by atoms with Gasteiger partial charge in [-0.2, -0.15) is 0 Å². The van der Waals surface area contributed by atoms with Crippen LogP contribution in [0.1, 0.15) is 43.2 Å². The number of rotatable bonds is 7. The molecule has 0 saturated heterocycles. The second-order valence-electron chi connectivity index (χ2n) is 18.1. The maximum atomic E-state index is 5.32. The minimum absolute atomic E-state index is 0.0752. The monoisotopic (exact) mass is 825 g/mol. The highest BCUT2D eigenvalue weighted by atomic mass is 15.0. The summed E-state index contributed by atoms with van der Waals surface area (Å²) in [6, 6.07) is 59.0. The fraction of sp³-hybridized carbons (Fsp3) is 0.175. The number of pyridine rings is 1. The second-order valence-corrected chi connectivity index (χ2v) is 18.1. The molecule has 3 aromatic heterocycles. The van der Waals surface area contributed by atoms with Crippen molar-refractivity contribution >= 4 is 0 Å². The van der Waals surface area contributed by atoms with Crippen molar-refractivity contribution in [2.75, 3.05) is 0 Å². The van der Waals surface area contributed by atoms with Gasteiger partial charge in [-0.1, -0.05) is 158 Å². The molecule has 4 bridgehead atoms. The molecule has 9 aromatic rings. The first-order chi connectivity index (χ1) is 31.7. The third kappa shape index (κ3) is 5.90. The van der Waals surface area contributed by atoms with Crippen LogP contribution in [-0.4, -0.2) is 34.9 Å². The number of benzene rings is 6. The summed E-state index contributed by atoms with van der Waals surface area (Å²) >= 11 is 0. The lowest BCUT2D eigenvalue weighted by Crippen LogP contribution is -2.55. The van der Waals surface area contributed by atoms with E-state index in [0.29, 0.717) is 46.8 Å². The second kappa shape index (κ2) is 14.8. The van der Waals surface area contributed by atoms with Gasteiger partial charge in [-0.3, -0.25) is 4.98 Å². The van der Waals surface area contributed by atoms with E-state index in [-0.39, 0.29) is 5.41 Å². The van der Waals surface area contributed by atoms with Crippen molar-refractivity contribution in [1.29, 1.82) is 0 Å². The minimum atomic E-state index is -0.0752. The molecule has 4 saturated carbocycles. The lowest BCUT2D eigenvalue weighted by molar-refractivity contribution is -0.0399. The van der Waals surface area contributed by atoms with Gasteiger partial charge < -0.3 is 0 Å². The Morgan fingerprint density at radius 2 is 0.719 bits per heavy atom. The zero-order valence-electron chi connectivity index (χ0n) is 35.2.